The second kappa shape index (κ2) is 8.88. The van der Waals surface area contributed by atoms with Crippen LogP contribution in [0.5, 0.6) is 0 Å². The largest absolute Gasteiger partial charge is 0.307 e. The third-order valence-electron chi connectivity index (χ3n) is 8.39. The van der Waals surface area contributed by atoms with Crippen LogP contribution in [0.2, 0.25) is 0 Å². The van der Waals surface area contributed by atoms with Crippen LogP contribution in [-0.4, -0.2) is 19.1 Å². The monoisotopic (exact) mass is 536 g/mol. The first-order valence-electron chi connectivity index (χ1n) is 14.2. The third kappa shape index (κ3) is 3.17. The summed E-state index contributed by atoms with van der Waals surface area (Å²) in [6, 6.07) is 47.4. The summed E-state index contributed by atoms with van der Waals surface area (Å²) in [7, 11) is 0. The summed E-state index contributed by atoms with van der Waals surface area (Å²) >= 11 is 0. The highest BCUT2D eigenvalue weighted by Gasteiger charge is 2.25. The summed E-state index contributed by atoms with van der Waals surface area (Å²) in [5, 5.41) is 4.57. The Morgan fingerprint density at radius 2 is 0.810 bits per heavy atom. The van der Waals surface area contributed by atoms with Crippen molar-refractivity contribution in [1.29, 1.82) is 0 Å². The minimum Gasteiger partial charge on any atom is -0.307 e. The van der Waals surface area contributed by atoms with Crippen LogP contribution >= 0.6 is 0 Å². The van der Waals surface area contributed by atoms with Crippen LogP contribution in [0.25, 0.3) is 77.1 Å². The van der Waals surface area contributed by atoms with Crippen LogP contribution in [0.15, 0.2) is 146 Å². The Hall–Kier alpha value is -5.74. The van der Waals surface area contributed by atoms with Gasteiger partial charge in [-0.1, -0.05) is 97.1 Å². The highest BCUT2D eigenvalue weighted by atomic mass is 15.0. The second-order valence-corrected chi connectivity index (χ2v) is 10.7. The first-order valence-corrected chi connectivity index (χ1v) is 14.2. The molecule has 0 atom stereocenters. The molecule has 4 nitrogen and oxygen atoms in total. The number of nitrogens with zero attached hydrogens (tertiary/aromatic N) is 4. The molecule has 3 heterocycles. The smallest absolute Gasteiger partial charge is 0.0994 e. The van der Waals surface area contributed by atoms with Crippen molar-refractivity contribution in [3.05, 3.63) is 146 Å². The second-order valence-electron chi connectivity index (χ2n) is 10.7. The molecule has 0 N–H and O–H groups in total. The van der Waals surface area contributed by atoms with E-state index in [9.17, 15) is 0 Å². The van der Waals surface area contributed by atoms with Crippen molar-refractivity contribution >= 4 is 54.6 Å². The van der Waals surface area contributed by atoms with Gasteiger partial charge in [0, 0.05) is 45.3 Å². The summed E-state index contributed by atoms with van der Waals surface area (Å²) < 4.78 is 4.81. The Kier molecular flexibility index (Phi) is 4.87. The van der Waals surface area contributed by atoms with Crippen LogP contribution < -0.4 is 0 Å². The Morgan fingerprint density at radius 1 is 0.381 bits per heavy atom. The fourth-order valence-corrected chi connectivity index (χ4v) is 6.66. The van der Waals surface area contributed by atoms with E-state index in [4.69, 9.17) is 9.97 Å². The van der Waals surface area contributed by atoms with E-state index in [-0.39, 0.29) is 0 Å². The number of rotatable bonds is 3. The van der Waals surface area contributed by atoms with E-state index in [1.807, 2.05) is 12.4 Å². The lowest BCUT2D eigenvalue weighted by Gasteiger charge is -2.14. The molecule has 0 bridgehead atoms. The van der Waals surface area contributed by atoms with Crippen LogP contribution in [0, 0.1) is 0 Å². The maximum Gasteiger partial charge on any atom is 0.0994 e. The molecule has 9 rings (SSSR count). The molecule has 196 valence electrons. The van der Waals surface area contributed by atoms with Crippen LogP contribution in [0.1, 0.15) is 0 Å². The van der Waals surface area contributed by atoms with E-state index < -0.39 is 0 Å². The number of benzene rings is 6. The van der Waals surface area contributed by atoms with Gasteiger partial charge in [-0.3, -0.25) is 9.97 Å². The first-order chi connectivity index (χ1) is 20.9. The number of para-hydroxylation sites is 3. The molecule has 3 aromatic heterocycles. The molecule has 0 amide bonds. The minimum absolute atomic E-state index is 0.923. The predicted molar refractivity (Wildman–Crippen MR) is 174 cm³/mol. The third-order valence-corrected chi connectivity index (χ3v) is 8.39. The van der Waals surface area contributed by atoms with Gasteiger partial charge in [0.15, 0.2) is 0 Å². The fourth-order valence-electron chi connectivity index (χ4n) is 6.66. The van der Waals surface area contributed by atoms with Gasteiger partial charge in [-0.2, -0.15) is 0 Å². The normalized spacial score (nSPS) is 11.8. The molecule has 0 spiro atoms. The topological polar surface area (TPSA) is 35.6 Å². The quantitative estimate of drug-likeness (QED) is 0.225. The molecule has 0 aliphatic carbocycles. The number of fused-ring (bicyclic) bond motifs is 10. The highest BCUT2D eigenvalue weighted by Crippen LogP contribution is 2.45. The minimum atomic E-state index is 0.923. The van der Waals surface area contributed by atoms with Crippen molar-refractivity contribution in [1.82, 2.24) is 19.1 Å². The summed E-state index contributed by atoms with van der Waals surface area (Å²) in [6.45, 7) is 0. The molecule has 0 radical (unpaired) electrons. The summed E-state index contributed by atoms with van der Waals surface area (Å²) in [4.78, 5) is 9.94. The van der Waals surface area contributed by atoms with E-state index in [0.29, 0.717) is 0 Å². The lowest BCUT2D eigenvalue weighted by molar-refractivity contribution is 1.15. The van der Waals surface area contributed by atoms with Crippen LogP contribution in [-0.2, 0) is 0 Å². The van der Waals surface area contributed by atoms with Crippen molar-refractivity contribution in [2.75, 3.05) is 0 Å². The first kappa shape index (κ1) is 23.0. The van der Waals surface area contributed by atoms with Gasteiger partial charge in [-0.15, -0.1) is 0 Å². The van der Waals surface area contributed by atoms with Crippen molar-refractivity contribution in [3.63, 3.8) is 0 Å². The summed E-state index contributed by atoms with van der Waals surface area (Å²) in [5.41, 5.74) is 11.0. The molecule has 0 saturated carbocycles. The fraction of sp³-hybridized carbons (Fsp3) is 0. The molecule has 0 unspecified atom stereocenters. The van der Waals surface area contributed by atoms with E-state index >= 15 is 0 Å². The maximum atomic E-state index is 4.97. The predicted octanol–water partition coefficient (Wildman–Crippen LogP) is 9.49. The van der Waals surface area contributed by atoms with Crippen molar-refractivity contribution in [2.24, 2.45) is 0 Å². The standard InChI is InChI=1S/C38H24N4/c1-3-11-25(12-4-1)26-19-21-28(22-20-26)42-32-18-10-8-16-30(32)34-36-35(39-23-24-40-36)33-29-15-7-9-17-31(29)41(37(33)38(34)42)27-13-5-2-6-14-27/h1-24H. The number of aromatic nitrogens is 4. The zero-order valence-electron chi connectivity index (χ0n) is 22.6. The lowest BCUT2D eigenvalue weighted by Crippen LogP contribution is -1.99. The van der Waals surface area contributed by atoms with E-state index in [0.717, 1.165) is 60.6 Å². The Bertz CT molecular complexity index is 2430. The molecular formula is C38H24N4. The zero-order chi connectivity index (χ0) is 27.6. The molecule has 0 aliphatic rings. The van der Waals surface area contributed by atoms with E-state index in [2.05, 4.69) is 143 Å². The number of hydrogen-bond donors (Lipinski definition) is 0. The van der Waals surface area contributed by atoms with Gasteiger partial charge in [-0.25, -0.2) is 0 Å². The van der Waals surface area contributed by atoms with Crippen molar-refractivity contribution < 1.29 is 0 Å². The molecule has 0 fully saturated rings. The molecule has 0 saturated heterocycles. The average molecular weight is 537 g/mol. The van der Waals surface area contributed by atoms with Gasteiger partial charge in [0.25, 0.3) is 0 Å². The maximum absolute atomic E-state index is 4.97. The average Bonchev–Trinajstić information content (AvgIpc) is 3.60. The Balaban J connectivity index is 1.52. The molecule has 0 aliphatic heterocycles. The highest BCUT2D eigenvalue weighted by molar-refractivity contribution is 6.34. The molecule has 6 aromatic carbocycles. The van der Waals surface area contributed by atoms with Gasteiger partial charge in [0.05, 0.1) is 33.1 Å². The zero-order valence-corrected chi connectivity index (χ0v) is 22.6. The van der Waals surface area contributed by atoms with Crippen LogP contribution in [0.4, 0.5) is 0 Å². The SMILES string of the molecule is c1ccc(-c2ccc(-n3c4ccccc4c4c5nccnc5c5c6ccccc6n(-c6ccccc6)c5c43)cc2)cc1. The van der Waals surface area contributed by atoms with E-state index in [1.165, 1.54) is 16.5 Å². The number of hydrogen-bond acceptors (Lipinski definition) is 2. The lowest BCUT2D eigenvalue weighted by atomic mass is 10.0. The Morgan fingerprint density at radius 3 is 1.36 bits per heavy atom. The Labute approximate surface area is 241 Å². The molecule has 4 heteroatoms. The van der Waals surface area contributed by atoms with Gasteiger partial charge in [0.1, 0.15) is 0 Å². The summed E-state index contributed by atoms with van der Waals surface area (Å²) in [6.07, 6.45) is 3.62. The van der Waals surface area contributed by atoms with Gasteiger partial charge in [0.2, 0.25) is 0 Å². The summed E-state index contributed by atoms with van der Waals surface area (Å²) in [5.74, 6) is 0. The molecule has 9 aromatic rings. The van der Waals surface area contributed by atoms with Gasteiger partial charge in [-0.05, 0) is 47.5 Å². The van der Waals surface area contributed by atoms with Crippen molar-refractivity contribution in [3.8, 4) is 22.5 Å². The van der Waals surface area contributed by atoms with Gasteiger partial charge < -0.3 is 9.13 Å². The molecule has 42 heavy (non-hydrogen) atoms. The van der Waals surface area contributed by atoms with Crippen molar-refractivity contribution in [2.45, 2.75) is 0 Å². The van der Waals surface area contributed by atoms with Gasteiger partial charge >= 0.3 is 0 Å². The van der Waals surface area contributed by atoms with Crippen LogP contribution in [0.3, 0.4) is 0 Å². The van der Waals surface area contributed by atoms with E-state index in [1.54, 1.807) is 0 Å². The molecular weight excluding hydrogens is 512 g/mol.